The van der Waals surface area contributed by atoms with E-state index in [9.17, 15) is 0 Å². The lowest BCUT2D eigenvalue weighted by Crippen LogP contribution is -2.43. The highest BCUT2D eigenvalue weighted by atomic mass is 32.1. The van der Waals surface area contributed by atoms with Gasteiger partial charge in [0, 0.05) is 25.6 Å². The van der Waals surface area contributed by atoms with E-state index in [1.165, 1.54) is 5.01 Å². The number of hydrogen-bond donors (Lipinski definition) is 2. The molecule has 0 aliphatic heterocycles. The van der Waals surface area contributed by atoms with Crippen LogP contribution in [0, 0.1) is 0 Å². The number of aryl methyl sites for hydroxylation is 1. The van der Waals surface area contributed by atoms with Crippen molar-refractivity contribution in [1.82, 2.24) is 15.6 Å². The fourth-order valence-electron chi connectivity index (χ4n) is 1.49. The van der Waals surface area contributed by atoms with Crippen LogP contribution >= 0.6 is 11.3 Å². The topological polar surface area (TPSA) is 58.5 Å². The van der Waals surface area contributed by atoms with E-state index < -0.39 is 0 Å². The Morgan fingerprint density at radius 3 is 2.94 bits per heavy atom. The predicted octanol–water partition coefficient (Wildman–Crippen LogP) is 1.41. The molecular weight excluding hydrogens is 248 g/mol. The summed E-state index contributed by atoms with van der Waals surface area (Å²) < 4.78 is 5.07. The first-order chi connectivity index (χ1) is 8.69. The second-order valence-corrected chi connectivity index (χ2v) is 4.96. The van der Waals surface area contributed by atoms with E-state index in [1.54, 1.807) is 25.5 Å². The molecule has 1 heterocycles. The first kappa shape index (κ1) is 14.9. The van der Waals surface area contributed by atoms with Crippen molar-refractivity contribution < 1.29 is 4.74 Å². The number of thiazole rings is 1. The maximum atomic E-state index is 5.07. The summed E-state index contributed by atoms with van der Waals surface area (Å²) in [7, 11) is 3.45. The lowest BCUT2D eigenvalue weighted by molar-refractivity contribution is 0.179. The van der Waals surface area contributed by atoms with Gasteiger partial charge in [0.2, 0.25) is 0 Å². The van der Waals surface area contributed by atoms with Crippen LogP contribution in [-0.2, 0) is 17.7 Å². The van der Waals surface area contributed by atoms with Crippen molar-refractivity contribution in [2.75, 3.05) is 20.8 Å². The summed E-state index contributed by atoms with van der Waals surface area (Å²) in [5.74, 6) is 0.769. The molecule has 0 amide bonds. The maximum absolute atomic E-state index is 5.07. The number of hydrogen-bond acceptors (Lipinski definition) is 4. The van der Waals surface area contributed by atoms with Gasteiger partial charge in [0.15, 0.2) is 5.96 Å². The van der Waals surface area contributed by atoms with Crippen LogP contribution < -0.4 is 10.6 Å². The molecule has 1 atom stereocenters. The Hall–Kier alpha value is -1.14. The number of guanidine groups is 1. The van der Waals surface area contributed by atoms with Crippen molar-refractivity contribution in [1.29, 1.82) is 0 Å². The maximum Gasteiger partial charge on any atom is 0.191 e. The van der Waals surface area contributed by atoms with E-state index in [2.05, 4.69) is 32.9 Å². The van der Waals surface area contributed by atoms with Gasteiger partial charge in [-0.1, -0.05) is 6.92 Å². The quantitative estimate of drug-likeness (QED) is 0.606. The van der Waals surface area contributed by atoms with Crippen LogP contribution in [0.3, 0.4) is 0 Å². The van der Waals surface area contributed by atoms with Crippen LogP contribution in [0.2, 0.25) is 0 Å². The fourth-order valence-corrected chi connectivity index (χ4v) is 2.23. The Kier molecular flexibility index (Phi) is 6.67. The third-order valence-corrected chi connectivity index (χ3v) is 3.40. The summed E-state index contributed by atoms with van der Waals surface area (Å²) in [5, 5.41) is 9.74. The van der Waals surface area contributed by atoms with Crippen LogP contribution in [0.5, 0.6) is 0 Å². The minimum Gasteiger partial charge on any atom is -0.383 e. The largest absolute Gasteiger partial charge is 0.383 e. The highest BCUT2D eigenvalue weighted by molar-refractivity contribution is 7.09. The van der Waals surface area contributed by atoms with Crippen LogP contribution in [-0.4, -0.2) is 37.7 Å². The van der Waals surface area contributed by atoms with E-state index >= 15 is 0 Å². The molecule has 0 aromatic carbocycles. The van der Waals surface area contributed by atoms with Gasteiger partial charge in [-0.25, -0.2) is 4.98 Å². The van der Waals surface area contributed by atoms with E-state index in [0.29, 0.717) is 13.2 Å². The number of ether oxygens (including phenoxy) is 1. The highest BCUT2D eigenvalue weighted by Gasteiger charge is 2.05. The van der Waals surface area contributed by atoms with Gasteiger partial charge in [-0.15, -0.1) is 11.3 Å². The molecule has 1 aromatic heterocycles. The molecule has 18 heavy (non-hydrogen) atoms. The van der Waals surface area contributed by atoms with Gasteiger partial charge in [-0.2, -0.15) is 0 Å². The lowest BCUT2D eigenvalue weighted by atomic mass is 10.4. The van der Waals surface area contributed by atoms with Crippen molar-refractivity contribution >= 4 is 17.3 Å². The van der Waals surface area contributed by atoms with Gasteiger partial charge >= 0.3 is 0 Å². The first-order valence-electron chi connectivity index (χ1n) is 6.09. The van der Waals surface area contributed by atoms with Gasteiger partial charge in [0.25, 0.3) is 0 Å². The molecule has 5 nitrogen and oxygen atoms in total. The third-order valence-electron chi connectivity index (χ3n) is 2.36. The number of nitrogens with zero attached hydrogens (tertiary/aromatic N) is 2. The number of rotatable bonds is 6. The average Bonchev–Trinajstić information content (AvgIpc) is 2.82. The summed E-state index contributed by atoms with van der Waals surface area (Å²) in [5.41, 5.74) is 1.05. The Morgan fingerprint density at radius 2 is 2.39 bits per heavy atom. The normalized spacial score (nSPS) is 13.4. The Morgan fingerprint density at radius 1 is 1.61 bits per heavy atom. The second-order valence-electron chi connectivity index (χ2n) is 4.01. The minimum absolute atomic E-state index is 0.225. The van der Waals surface area contributed by atoms with E-state index in [4.69, 9.17) is 4.74 Å². The van der Waals surface area contributed by atoms with Crippen LogP contribution in [0.25, 0.3) is 0 Å². The molecule has 1 rings (SSSR count). The number of aliphatic imine (C=N–C) groups is 1. The molecule has 0 aliphatic rings. The van der Waals surface area contributed by atoms with Crippen molar-refractivity contribution in [2.24, 2.45) is 4.99 Å². The van der Waals surface area contributed by atoms with E-state index in [-0.39, 0.29) is 6.04 Å². The summed E-state index contributed by atoms with van der Waals surface area (Å²) in [6.07, 6.45) is 0.989. The molecule has 0 fully saturated rings. The molecule has 0 saturated heterocycles. The van der Waals surface area contributed by atoms with Crippen molar-refractivity contribution in [3.63, 3.8) is 0 Å². The van der Waals surface area contributed by atoms with Crippen LogP contribution in [0.1, 0.15) is 24.5 Å². The Bertz CT molecular complexity index is 378. The summed E-state index contributed by atoms with van der Waals surface area (Å²) in [6, 6.07) is 0.225. The predicted molar refractivity (Wildman–Crippen MR) is 76.2 cm³/mol. The number of methoxy groups -OCH3 is 1. The molecule has 102 valence electrons. The van der Waals surface area contributed by atoms with Gasteiger partial charge in [-0.3, -0.25) is 4.99 Å². The number of aromatic nitrogens is 1. The SMILES string of the molecule is CCc1nc(CNC(=NC)NC(C)COC)cs1. The molecule has 1 aromatic rings. The lowest BCUT2D eigenvalue weighted by Gasteiger charge is -2.16. The van der Waals surface area contributed by atoms with Gasteiger partial charge < -0.3 is 15.4 Å². The summed E-state index contributed by atoms with van der Waals surface area (Å²) >= 11 is 1.70. The summed E-state index contributed by atoms with van der Waals surface area (Å²) in [4.78, 5) is 8.67. The Labute approximate surface area is 113 Å². The molecule has 2 N–H and O–H groups in total. The van der Waals surface area contributed by atoms with Gasteiger partial charge in [-0.05, 0) is 13.3 Å². The van der Waals surface area contributed by atoms with Crippen LogP contribution in [0.15, 0.2) is 10.4 Å². The second kappa shape index (κ2) is 8.05. The first-order valence-corrected chi connectivity index (χ1v) is 6.97. The smallest absolute Gasteiger partial charge is 0.191 e. The standard InChI is InChI=1S/C12H22N4OS/c1-5-11-16-10(8-18-11)6-14-12(13-3)15-9(2)7-17-4/h8-9H,5-7H2,1-4H3,(H2,13,14,15). The van der Waals surface area contributed by atoms with Gasteiger partial charge in [0.05, 0.1) is 23.9 Å². The molecule has 0 aliphatic carbocycles. The fraction of sp³-hybridized carbons (Fsp3) is 0.667. The molecule has 0 spiro atoms. The molecule has 6 heteroatoms. The van der Waals surface area contributed by atoms with Crippen molar-refractivity contribution in [2.45, 2.75) is 32.9 Å². The minimum atomic E-state index is 0.225. The molecule has 0 bridgehead atoms. The Balaban J connectivity index is 2.40. The molecule has 1 unspecified atom stereocenters. The van der Waals surface area contributed by atoms with Crippen LogP contribution in [0.4, 0.5) is 0 Å². The zero-order chi connectivity index (χ0) is 13.4. The highest BCUT2D eigenvalue weighted by Crippen LogP contribution is 2.09. The van der Waals surface area contributed by atoms with E-state index in [1.807, 2.05) is 6.92 Å². The molecule has 0 saturated carbocycles. The monoisotopic (exact) mass is 270 g/mol. The third kappa shape index (κ3) is 5.01. The van der Waals surface area contributed by atoms with Crippen molar-refractivity contribution in [3.8, 4) is 0 Å². The number of nitrogens with one attached hydrogen (secondary N) is 2. The average molecular weight is 270 g/mol. The summed E-state index contributed by atoms with van der Waals surface area (Å²) in [6.45, 7) is 5.50. The van der Waals surface area contributed by atoms with Gasteiger partial charge in [0.1, 0.15) is 0 Å². The van der Waals surface area contributed by atoms with E-state index in [0.717, 1.165) is 18.1 Å². The molecular formula is C12H22N4OS. The van der Waals surface area contributed by atoms with Crippen molar-refractivity contribution in [3.05, 3.63) is 16.1 Å². The molecule has 0 radical (unpaired) electrons. The zero-order valence-electron chi connectivity index (χ0n) is 11.5. The zero-order valence-corrected chi connectivity index (χ0v) is 12.3.